The summed E-state index contributed by atoms with van der Waals surface area (Å²) in [4.78, 5) is 23.4. The monoisotopic (exact) mass is 399 g/mol. The van der Waals surface area contributed by atoms with Gasteiger partial charge in [0.15, 0.2) is 0 Å². The van der Waals surface area contributed by atoms with Gasteiger partial charge in [-0.05, 0) is 47.4 Å². The van der Waals surface area contributed by atoms with Crippen molar-refractivity contribution >= 4 is 39.3 Å². The Kier molecular flexibility index (Phi) is 5.04. The highest BCUT2D eigenvalue weighted by Gasteiger charge is 2.17. The first-order valence-corrected chi connectivity index (χ1v) is 10.1. The molecule has 1 heterocycles. The van der Waals surface area contributed by atoms with E-state index in [1.807, 2.05) is 36.4 Å². The Morgan fingerprint density at radius 3 is 2.37 bits per heavy atom. The lowest BCUT2D eigenvalue weighted by atomic mass is 10.00. The molecule has 3 aromatic carbocycles. The number of benzene rings is 3. The second-order valence-electron chi connectivity index (χ2n) is 7.96. The minimum atomic E-state index is -0.424. The summed E-state index contributed by atoms with van der Waals surface area (Å²) in [6.45, 7) is 6.48. The van der Waals surface area contributed by atoms with Crippen LogP contribution < -0.4 is 11.1 Å². The zero-order chi connectivity index (χ0) is 21.4. The van der Waals surface area contributed by atoms with Crippen LogP contribution >= 0.6 is 0 Å². The smallest absolute Gasteiger partial charge is 0.249 e. The van der Waals surface area contributed by atoms with Crippen LogP contribution in [0.3, 0.4) is 0 Å². The van der Waals surface area contributed by atoms with E-state index in [0.717, 1.165) is 33.1 Å². The first-order chi connectivity index (χ1) is 14.3. The van der Waals surface area contributed by atoms with Crippen LogP contribution in [0, 0.1) is 0 Å². The third-order valence-electron chi connectivity index (χ3n) is 5.46. The van der Waals surface area contributed by atoms with Gasteiger partial charge in [-0.25, -0.2) is 0 Å². The Bertz CT molecular complexity index is 1270. The molecule has 0 aliphatic rings. The molecule has 0 saturated carbocycles. The van der Waals surface area contributed by atoms with Crippen molar-refractivity contribution in [3.05, 3.63) is 77.4 Å². The van der Waals surface area contributed by atoms with Crippen LogP contribution in [0.5, 0.6) is 0 Å². The lowest BCUT2D eigenvalue weighted by molar-refractivity contribution is -0.114. The summed E-state index contributed by atoms with van der Waals surface area (Å²) >= 11 is 0. The molecule has 0 atom stereocenters. The van der Waals surface area contributed by atoms with Crippen molar-refractivity contribution in [2.75, 3.05) is 5.32 Å². The van der Waals surface area contributed by atoms with Crippen molar-refractivity contribution in [1.82, 2.24) is 4.57 Å². The number of amides is 2. The molecule has 30 heavy (non-hydrogen) atoms. The molecule has 0 saturated heterocycles. The quantitative estimate of drug-likeness (QED) is 0.494. The van der Waals surface area contributed by atoms with E-state index in [1.54, 1.807) is 6.07 Å². The molecule has 152 valence electrons. The van der Waals surface area contributed by atoms with Crippen LogP contribution in [0.15, 0.2) is 60.7 Å². The largest absolute Gasteiger partial charge is 0.366 e. The van der Waals surface area contributed by atoms with E-state index in [-0.39, 0.29) is 5.91 Å². The molecule has 0 aliphatic heterocycles. The van der Waals surface area contributed by atoms with Crippen LogP contribution in [-0.2, 0) is 11.3 Å². The summed E-state index contributed by atoms with van der Waals surface area (Å²) in [5.41, 5.74) is 11.4. The van der Waals surface area contributed by atoms with Gasteiger partial charge in [-0.15, -0.1) is 0 Å². The minimum absolute atomic E-state index is 0.0923. The number of nitrogens with zero attached hydrogens (tertiary/aromatic N) is 1. The highest BCUT2D eigenvalue weighted by molar-refractivity contribution is 6.18. The Morgan fingerprint density at radius 1 is 1.00 bits per heavy atom. The van der Waals surface area contributed by atoms with Gasteiger partial charge in [-0.3, -0.25) is 9.59 Å². The molecule has 0 fully saturated rings. The van der Waals surface area contributed by atoms with Gasteiger partial charge >= 0.3 is 0 Å². The topological polar surface area (TPSA) is 77.1 Å². The van der Waals surface area contributed by atoms with Crippen molar-refractivity contribution in [2.24, 2.45) is 5.73 Å². The summed E-state index contributed by atoms with van der Waals surface area (Å²) in [7, 11) is 0. The number of anilines is 1. The summed E-state index contributed by atoms with van der Waals surface area (Å²) in [5.74, 6) is -0.119. The Labute approximate surface area is 175 Å². The van der Waals surface area contributed by atoms with Crippen molar-refractivity contribution < 1.29 is 9.59 Å². The molecule has 5 heteroatoms. The van der Waals surface area contributed by atoms with E-state index in [4.69, 9.17) is 5.73 Å². The number of hydrogen-bond acceptors (Lipinski definition) is 2. The van der Waals surface area contributed by atoms with Gasteiger partial charge in [0.25, 0.3) is 0 Å². The molecule has 1 aromatic heterocycles. The average molecular weight is 399 g/mol. The Hall–Kier alpha value is -3.60. The first kappa shape index (κ1) is 19.7. The maximum atomic E-state index is 12.1. The molecule has 2 amide bonds. The van der Waals surface area contributed by atoms with Gasteiger partial charge in [0.2, 0.25) is 11.8 Å². The third-order valence-corrected chi connectivity index (χ3v) is 5.46. The standard InChI is InChI=1S/C25H25N3O2/c1-15(2)18-9-12-20-23(13-18)28(22-6-4-5-21(24(20)22)25(26)30)14-17-7-10-19(11-8-17)27-16(3)29/h4-13,15H,14H2,1-3H3,(H2,26,30)(H,27,29). The van der Waals surface area contributed by atoms with Gasteiger partial charge in [0.05, 0.1) is 5.52 Å². The molecule has 5 nitrogen and oxygen atoms in total. The molecule has 0 radical (unpaired) electrons. The van der Waals surface area contributed by atoms with Crippen LogP contribution in [0.1, 0.15) is 48.2 Å². The van der Waals surface area contributed by atoms with E-state index in [2.05, 4.69) is 41.9 Å². The molecular formula is C25H25N3O2. The predicted octanol–water partition coefficient (Wildman–Crippen LogP) is 5.02. The van der Waals surface area contributed by atoms with Gasteiger partial charge in [0, 0.05) is 41.0 Å². The van der Waals surface area contributed by atoms with Gasteiger partial charge in [0.1, 0.15) is 0 Å². The van der Waals surface area contributed by atoms with Crippen molar-refractivity contribution in [2.45, 2.75) is 33.2 Å². The number of carbonyl (C=O) groups excluding carboxylic acids is 2. The van der Waals surface area contributed by atoms with Crippen molar-refractivity contribution in [3.63, 3.8) is 0 Å². The van der Waals surface area contributed by atoms with Crippen LogP contribution in [-0.4, -0.2) is 16.4 Å². The van der Waals surface area contributed by atoms with Crippen molar-refractivity contribution in [1.29, 1.82) is 0 Å². The predicted molar refractivity (Wildman–Crippen MR) is 122 cm³/mol. The number of fused-ring (bicyclic) bond motifs is 3. The maximum absolute atomic E-state index is 12.1. The number of primary amides is 1. The van der Waals surface area contributed by atoms with E-state index in [1.165, 1.54) is 12.5 Å². The van der Waals surface area contributed by atoms with E-state index < -0.39 is 5.91 Å². The molecule has 3 N–H and O–H groups in total. The number of rotatable bonds is 5. The normalized spacial score (nSPS) is 11.3. The second-order valence-corrected chi connectivity index (χ2v) is 7.96. The highest BCUT2D eigenvalue weighted by Crippen LogP contribution is 2.34. The zero-order valence-corrected chi connectivity index (χ0v) is 17.4. The molecule has 0 unspecified atom stereocenters. The van der Waals surface area contributed by atoms with Crippen molar-refractivity contribution in [3.8, 4) is 0 Å². The number of aromatic nitrogens is 1. The lowest BCUT2D eigenvalue weighted by Gasteiger charge is -2.11. The van der Waals surface area contributed by atoms with E-state index in [9.17, 15) is 9.59 Å². The fourth-order valence-electron chi connectivity index (χ4n) is 3.98. The highest BCUT2D eigenvalue weighted by atomic mass is 16.1. The molecular weight excluding hydrogens is 374 g/mol. The van der Waals surface area contributed by atoms with Gasteiger partial charge in [-0.2, -0.15) is 0 Å². The van der Waals surface area contributed by atoms with E-state index >= 15 is 0 Å². The first-order valence-electron chi connectivity index (χ1n) is 10.1. The SMILES string of the molecule is CC(=O)Nc1ccc(Cn2c3cc(C(C)C)ccc3c3c(C(N)=O)cccc32)cc1. The fourth-order valence-corrected chi connectivity index (χ4v) is 3.98. The number of nitrogens with two attached hydrogens (primary N) is 1. The third kappa shape index (κ3) is 3.54. The number of hydrogen-bond donors (Lipinski definition) is 2. The van der Waals surface area contributed by atoms with Gasteiger partial charge in [-0.1, -0.05) is 44.2 Å². The maximum Gasteiger partial charge on any atom is 0.249 e. The average Bonchev–Trinajstić information content (AvgIpc) is 3.02. The lowest BCUT2D eigenvalue weighted by Crippen LogP contribution is -2.11. The molecule has 4 rings (SSSR count). The Balaban J connectivity index is 1.90. The number of carbonyl (C=O) groups is 2. The molecule has 0 spiro atoms. The van der Waals surface area contributed by atoms with Crippen LogP contribution in [0.25, 0.3) is 21.8 Å². The summed E-state index contributed by atoms with van der Waals surface area (Å²) in [5, 5.41) is 4.71. The molecule has 4 aromatic rings. The fraction of sp³-hybridized carbons (Fsp3) is 0.200. The molecule has 0 aliphatic carbocycles. The minimum Gasteiger partial charge on any atom is -0.366 e. The van der Waals surface area contributed by atoms with Gasteiger partial charge < -0.3 is 15.6 Å². The summed E-state index contributed by atoms with van der Waals surface area (Å²) < 4.78 is 2.23. The number of nitrogens with one attached hydrogen (secondary N) is 1. The van der Waals surface area contributed by atoms with Crippen LogP contribution in [0.2, 0.25) is 0 Å². The summed E-state index contributed by atoms with van der Waals surface area (Å²) in [6.07, 6.45) is 0. The zero-order valence-electron chi connectivity index (χ0n) is 17.4. The Morgan fingerprint density at radius 2 is 1.73 bits per heavy atom. The second kappa shape index (κ2) is 7.67. The molecule has 0 bridgehead atoms. The van der Waals surface area contributed by atoms with E-state index in [0.29, 0.717) is 18.0 Å². The summed E-state index contributed by atoms with van der Waals surface area (Å²) in [6, 6.07) is 19.9. The van der Waals surface area contributed by atoms with Crippen LogP contribution in [0.4, 0.5) is 5.69 Å².